The second-order valence-corrected chi connectivity index (χ2v) is 4.81. The first-order chi connectivity index (χ1) is 9.20. The summed E-state index contributed by atoms with van der Waals surface area (Å²) in [5.74, 6) is 0.880. The third-order valence-electron chi connectivity index (χ3n) is 3.18. The minimum atomic E-state index is -0.117. The summed E-state index contributed by atoms with van der Waals surface area (Å²) in [6.45, 7) is 4.11. The van der Waals surface area contributed by atoms with E-state index in [0.717, 1.165) is 17.7 Å². The highest BCUT2D eigenvalue weighted by molar-refractivity contribution is 5.30. The van der Waals surface area contributed by atoms with Gasteiger partial charge in [-0.15, -0.1) is 0 Å². The zero-order valence-corrected chi connectivity index (χ0v) is 11.5. The van der Waals surface area contributed by atoms with Crippen molar-refractivity contribution in [1.29, 1.82) is 0 Å². The molecule has 0 spiro atoms. The number of ether oxygens (including phenoxy) is 1. The smallest absolute Gasteiger partial charge is 0.138 e. The summed E-state index contributed by atoms with van der Waals surface area (Å²) in [4.78, 5) is 0. The predicted molar refractivity (Wildman–Crippen MR) is 79.3 cm³/mol. The van der Waals surface area contributed by atoms with Crippen molar-refractivity contribution in [3.63, 3.8) is 0 Å². The molecule has 0 saturated heterocycles. The Kier molecular flexibility index (Phi) is 4.58. The van der Waals surface area contributed by atoms with Crippen LogP contribution in [0.1, 0.15) is 31.1 Å². The van der Waals surface area contributed by atoms with Crippen LogP contribution < -0.4 is 10.5 Å². The lowest BCUT2D eigenvalue weighted by atomic mass is 10.0. The molecule has 2 unspecified atom stereocenters. The third kappa shape index (κ3) is 3.58. The van der Waals surface area contributed by atoms with Crippen molar-refractivity contribution >= 4 is 0 Å². The summed E-state index contributed by atoms with van der Waals surface area (Å²) in [6.07, 6.45) is 0.888. The van der Waals surface area contributed by atoms with Crippen LogP contribution in [-0.2, 0) is 6.42 Å². The first-order valence-corrected chi connectivity index (χ1v) is 6.77. The van der Waals surface area contributed by atoms with Gasteiger partial charge in [0, 0.05) is 6.04 Å². The minimum Gasteiger partial charge on any atom is -0.484 e. The summed E-state index contributed by atoms with van der Waals surface area (Å²) in [5.41, 5.74) is 8.44. The van der Waals surface area contributed by atoms with E-state index in [2.05, 4.69) is 31.2 Å². The normalized spacial score (nSPS) is 13.8. The molecule has 100 valence electrons. The molecule has 2 aromatic rings. The fourth-order valence-corrected chi connectivity index (χ4v) is 2.11. The van der Waals surface area contributed by atoms with Gasteiger partial charge in [-0.3, -0.25) is 0 Å². The fourth-order valence-electron chi connectivity index (χ4n) is 2.11. The van der Waals surface area contributed by atoms with Gasteiger partial charge in [-0.25, -0.2) is 0 Å². The fraction of sp³-hybridized carbons (Fsp3) is 0.294. The van der Waals surface area contributed by atoms with Crippen LogP contribution >= 0.6 is 0 Å². The van der Waals surface area contributed by atoms with Crippen LogP contribution in [0.25, 0.3) is 0 Å². The van der Waals surface area contributed by atoms with Gasteiger partial charge in [0.25, 0.3) is 0 Å². The number of benzene rings is 2. The number of nitrogens with two attached hydrogens (primary N) is 1. The lowest BCUT2D eigenvalue weighted by Crippen LogP contribution is -2.29. The molecule has 0 fully saturated rings. The maximum atomic E-state index is 6.08. The maximum Gasteiger partial charge on any atom is 0.138 e. The number of hydrogen-bond acceptors (Lipinski definition) is 2. The summed E-state index contributed by atoms with van der Waals surface area (Å²) in [5, 5.41) is 0. The molecule has 0 aliphatic carbocycles. The van der Waals surface area contributed by atoms with E-state index in [4.69, 9.17) is 10.5 Å². The lowest BCUT2D eigenvalue weighted by molar-refractivity contribution is 0.180. The second-order valence-electron chi connectivity index (χ2n) is 4.81. The van der Waals surface area contributed by atoms with E-state index >= 15 is 0 Å². The van der Waals surface area contributed by atoms with Gasteiger partial charge in [-0.1, -0.05) is 49.4 Å². The van der Waals surface area contributed by atoms with Gasteiger partial charge in [-0.05, 0) is 36.6 Å². The molecule has 0 bridgehead atoms. The molecule has 0 saturated carbocycles. The molecular weight excluding hydrogens is 234 g/mol. The van der Waals surface area contributed by atoms with Crippen LogP contribution in [0.5, 0.6) is 5.75 Å². The SMILES string of the molecule is CCc1cccc(OC(c2ccccc2)C(C)N)c1. The topological polar surface area (TPSA) is 35.2 Å². The second kappa shape index (κ2) is 6.39. The van der Waals surface area contributed by atoms with Crippen molar-refractivity contribution in [2.24, 2.45) is 5.73 Å². The Hall–Kier alpha value is -1.80. The molecule has 0 aliphatic rings. The van der Waals surface area contributed by atoms with E-state index in [1.165, 1.54) is 5.56 Å². The Bertz CT molecular complexity index is 508. The van der Waals surface area contributed by atoms with E-state index in [0.29, 0.717) is 0 Å². The third-order valence-corrected chi connectivity index (χ3v) is 3.18. The molecule has 2 atom stereocenters. The molecule has 2 heteroatoms. The molecule has 2 rings (SSSR count). The highest BCUT2D eigenvalue weighted by atomic mass is 16.5. The molecular formula is C17H21NO. The standard InChI is InChI=1S/C17H21NO/c1-3-14-8-7-11-16(12-14)19-17(13(2)18)15-9-5-4-6-10-15/h4-13,17H,3,18H2,1-2H3. The van der Waals surface area contributed by atoms with E-state index in [-0.39, 0.29) is 12.1 Å². The Balaban J connectivity index is 2.21. The van der Waals surface area contributed by atoms with Crippen LogP contribution in [0.4, 0.5) is 0 Å². The van der Waals surface area contributed by atoms with Crippen LogP contribution in [-0.4, -0.2) is 6.04 Å². The van der Waals surface area contributed by atoms with Crippen LogP contribution in [0.3, 0.4) is 0 Å². The van der Waals surface area contributed by atoms with Gasteiger partial charge in [0.15, 0.2) is 0 Å². The van der Waals surface area contributed by atoms with Crippen molar-refractivity contribution in [1.82, 2.24) is 0 Å². The Morgan fingerprint density at radius 1 is 1.05 bits per heavy atom. The Morgan fingerprint density at radius 3 is 2.42 bits per heavy atom. The van der Waals surface area contributed by atoms with E-state index < -0.39 is 0 Å². The zero-order valence-electron chi connectivity index (χ0n) is 11.5. The average Bonchev–Trinajstić information content (AvgIpc) is 2.45. The molecule has 0 heterocycles. The highest BCUT2D eigenvalue weighted by Crippen LogP contribution is 2.24. The van der Waals surface area contributed by atoms with Gasteiger partial charge in [0.05, 0.1) is 0 Å². The van der Waals surface area contributed by atoms with E-state index in [9.17, 15) is 0 Å². The van der Waals surface area contributed by atoms with Crippen molar-refractivity contribution in [2.45, 2.75) is 32.4 Å². The molecule has 0 aromatic heterocycles. The highest BCUT2D eigenvalue weighted by Gasteiger charge is 2.17. The van der Waals surface area contributed by atoms with E-state index in [1.54, 1.807) is 0 Å². The summed E-state index contributed by atoms with van der Waals surface area (Å²) in [7, 11) is 0. The first kappa shape index (κ1) is 13.6. The number of rotatable bonds is 5. The van der Waals surface area contributed by atoms with Gasteiger partial charge in [0.2, 0.25) is 0 Å². The average molecular weight is 255 g/mol. The zero-order chi connectivity index (χ0) is 13.7. The first-order valence-electron chi connectivity index (χ1n) is 6.77. The van der Waals surface area contributed by atoms with Crippen molar-refractivity contribution in [3.05, 3.63) is 65.7 Å². The largest absolute Gasteiger partial charge is 0.484 e. The van der Waals surface area contributed by atoms with Crippen molar-refractivity contribution in [3.8, 4) is 5.75 Å². The molecule has 0 amide bonds. The number of aryl methyl sites for hydroxylation is 1. The van der Waals surface area contributed by atoms with Crippen molar-refractivity contribution < 1.29 is 4.74 Å². The Labute approximate surface area is 115 Å². The van der Waals surface area contributed by atoms with E-state index in [1.807, 2.05) is 37.3 Å². The van der Waals surface area contributed by atoms with Gasteiger partial charge in [-0.2, -0.15) is 0 Å². The van der Waals surface area contributed by atoms with Crippen LogP contribution in [0, 0.1) is 0 Å². The summed E-state index contributed by atoms with van der Waals surface area (Å²) >= 11 is 0. The summed E-state index contributed by atoms with van der Waals surface area (Å²) < 4.78 is 6.08. The number of hydrogen-bond donors (Lipinski definition) is 1. The predicted octanol–water partition coefficient (Wildman–Crippen LogP) is 3.72. The quantitative estimate of drug-likeness (QED) is 0.883. The van der Waals surface area contributed by atoms with Crippen LogP contribution in [0.2, 0.25) is 0 Å². The molecule has 2 nitrogen and oxygen atoms in total. The van der Waals surface area contributed by atoms with Crippen molar-refractivity contribution in [2.75, 3.05) is 0 Å². The maximum absolute atomic E-state index is 6.08. The van der Waals surface area contributed by atoms with Gasteiger partial charge < -0.3 is 10.5 Å². The summed E-state index contributed by atoms with van der Waals surface area (Å²) in [6, 6.07) is 18.3. The monoisotopic (exact) mass is 255 g/mol. The lowest BCUT2D eigenvalue weighted by Gasteiger charge is -2.23. The molecule has 19 heavy (non-hydrogen) atoms. The molecule has 0 radical (unpaired) electrons. The molecule has 2 N–H and O–H groups in total. The van der Waals surface area contributed by atoms with Gasteiger partial charge >= 0.3 is 0 Å². The van der Waals surface area contributed by atoms with Gasteiger partial charge in [0.1, 0.15) is 11.9 Å². The Morgan fingerprint density at radius 2 is 1.79 bits per heavy atom. The minimum absolute atomic E-state index is 0.0623. The van der Waals surface area contributed by atoms with Crippen LogP contribution in [0.15, 0.2) is 54.6 Å². The molecule has 0 aliphatic heterocycles. The molecule has 2 aromatic carbocycles.